The maximum absolute atomic E-state index is 6.17. The summed E-state index contributed by atoms with van der Waals surface area (Å²) in [6, 6.07) is 3.89. The van der Waals surface area contributed by atoms with Gasteiger partial charge in [0.25, 0.3) is 0 Å². The van der Waals surface area contributed by atoms with E-state index in [-0.39, 0.29) is 0 Å². The van der Waals surface area contributed by atoms with Crippen molar-refractivity contribution < 1.29 is 4.74 Å². The zero-order chi connectivity index (χ0) is 12.6. The summed E-state index contributed by atoms with van der Waals surface area (Å²) < 4.78 is 5.33. The van der Waals surface area contributed by atoms with Gasteiger partial charge in [0.1, 0.15) is 17.1 Å². The Morgan fingerprint density at radius 2 is 2.00 bits per heavy atom. The number of pyridine rings is 1. The van der Waals surface area contributed by atoms with E-state index in [0.29, 0.717) is 10.8 Å². The fourth-order valence-corrected chi connectivity index (χ4v) is 2.12. The summed E-state index contributed by atoms with van der Waals surface area (Å²) in [5, 5.41) is 4.81. The van der Waals surface area contributed by atoms with Crippen molar-refractivity contribution in [3.63, 3.8) is 0 Å². The summed E-state index contributed by atoms with van der Waals surface area (Å²) in [7, 11) is 3.48. The van der Waals surface area contributed by atoms with Crippen molar-refractivity contribution in [3.05, 3.63) is 28.3 Å². The zero-order valence-corrected chi connectivity index (χ0v) is 11.1. The molecule has 1 aromatic carbocycles. The molecule has 90 valence electrons. The van der Waals surface area contributed by atoms with Gasteiger partial charge in [-0.25, -0.2) is 4.98 Å². The molecule has 0 spiro atoms. The molecule has 1 N–H and O–H groups in total. The summed E-state index contributed by atoms with van der Waals surface area (Å²) in [6.45, 7) is 4.01. The van der Waals surface area contributed by atoms with Gasteiger partial charge in [0.05, 0.1) is 7.11 Å². The molecule has 0 saturated heterocycles. The van der Waals surface area contributed by atoms with Gasteiger partial charge in [-0.3, -0.25) is 0 Å². The average Bonchev–Trinajstić information content (AvgIpc) is 2.33. The molecule has 2 aromatic rings. The third-order valence-electron chi connectivity index (χ3n) is 2.92. The molecule has 0 aliphatic heterocycles. The first-order valence-electron chi connectivity index (χ1n) is 5.40. The highest BCUT2D eigenvalue weighted by molar-refractivity contribution is 6.32. The lowest BCUT2D eigenvalue weighted by molar-refractivity contribution is 0.419. The van der Waals surface area contributed by atoms with Crippen molar-refractivity contribution in [2.45, 2.75) is 13.8 Å². The Morgan fingerprint density at radius 3 is 2.59 bits per heavy atom. The van der Waals surface area contributed by atoms with Gasteiger partial charge in [-0.1, -0.05) is 11.6 Å². The van der Waals surface area contributed by atoms with Crippen LogP contribution in [0.25, 0.3) is 10.9 Å². The maximum atomic E-state index is 6.17. The molecular formula is C13H15ClN2O. The lowest BCUT2D eigenvalue weighted by atomic mass is 10.1. The summed E-state index contributed by atoms with van der Waals surface area (Å²) in [6.07, 6.45) is 0. The standard InChI is InChI=1S/C13H15ClN2O/c1-7-5-9-8(2)10(14)6-11(17-4)12(9)16-13(7)15-3/h5-6H,1-4H3,(H,15,16). The third-order valence-corrected chi connectivity index (χ3v) is 3.32. The molecule has 17 heavy (non-hydrogen) atoms. The van der Waals surface area contributed by atoms with Crippen molar-refractivity contribution in [3.8, 4) is 5.75 Å². The van der Waals surface area contributed by atoms with Crippen LogP contribution < -0.4 is 10.1 Å². The molecule has 0 aliphatic rings. The number of nitrogens with zero attached hydrogens (tertiary/aromatic N) is 1. The number of halogens is 1. The first kappa shape index (κ1) is 12.0. The van der Waals surface area contributed by atoms with E-state index in [4.69, 9.17) is 16.3 Å². The second-order valence-electron chi connectivity index (χ2n) is 3.99. The largest absolute Gasteiger partial charge is 0.494 e. The predicted molar refractivity (Wildman–Crippen MR) is 72.3 cm³/mol. The van der Waals surface area contributed by atoms with Gasteiger partial charge >= 0.3 is 0 Å². The molecule has 2 rings (SSSR count). The predicted octanol–water partition coefficient (Wildman–Crippen LogP) is 3.56. The number of aromatic nitrogens is 1. The maximum Gasteiger partial charge on any atom is 0.146 e. The van der Waals surface area contributed by atoms with Crippen LogP contribution in [-0.2, 0) is 0 Å². The van der Waals surface area contributed by atoms with Crippen molar-refractivity contribution >= 4 is 28.3 Å². The number of hydrogen-bond acceptors (Lipinski definition) is 3. The number of anilines is 1. The Balaban J connectivity index is 2.88. The number of hydrogen-bond donors (Lipinski definition) is 1. The molecule has 3 nitrogen and oxygen atoms in total. The molecule has 0 unspecified atom stereocenters. The van der Waals surface area contributed by atoms with Crippen LogP contribution in [0.1, 0.15) is 11.1 Å². The minimum absolute atomic E-state index is 0.701. The fourth-order valence-electron chi connectivity index (χ4n) is 1.92. The van der Waals surface area contributed by atoms with Crippen molar-refractivity contribution in [1.82, 2.24) is 4.98 Å². The van der Waals surface area contributed by atoms with E-state index < -0.39 is 0 Å². The van der Waals surface area contributed by atoms with E-state index in [1.54, 1.807) is 13.2 Å². The van der Waals surface area contributed by atoms with E-state index in [9.17, 15) is 0 Å². The molecular weight excluding hydrogens is 236 g/mol. The van der Waals surface area contributed by atoms with Crippen LogP contribution in [-0.4, -0.2) is 19.1 Å². The van der Waals surface area contributed by atoms with Crippen LogP contribution in [0.4, 0.5) is 5.82 Å². The SMILES string of the molecule is CNc1nc2c(OC)cc(Cl)c(C)c2cc1C. The topological polar surface area (TPSA) is 34.2 Å². The molecule has 0 saturated carbocycles. The minimum atomic E-state index is 0.701. The van der Waals surface area contributed by atoms with Crippen LogP contribution in [0.3, 0.4) is 0 Å². The second-order valence-corrected chi connectivity index (χ2v) is 4.39. The minimum Gasteiger partial charge on any atom is -0.494 e. The Morgan fingerprint density at radius 1 is 1.29 bits per heavy atom. The van der Waals surface area contributed by atoms with E-state index in [1.165, 1.54) is 0 Å². The summed E-state index contributed by atoms with van der Waals surface area (Å²) in [5.74, 6) is 1.56. The number of aryl methyl sites for hydroxylation is 2. The molecule has 4 heteroatoms. The van der Waals surface area contributed by atoms with Gasteiger partial charge in [0.15, 0.2) is 0 Å². The Bertz CT molecular complexity index is 581. The Hall–Kier alpha value is -1.48. The third kappa shape index (κ3) is 1.91. The first-order valence-corrected chi connectivity index (χ1v) is 5.78. The van der Waals surface area contributed by atoms with Crippen molar-refractivity contribution in [2.75, 3.05) is 19.5 Å². The van der Waals surface area contributed by atoms with Crippen molar-refractivity contribution in [1.29, 1.82) is 0 Å². The van der Waals surface area contributed by atoms with Crippen LogP contribution in [0, 0.1) is 13.8 Å². The number of ether oxygens (including phenoxy) is 1. The van der Waals surface area contributed by atoms with Gasteiger partial charge in [-0.2, -0.15) is 0 Å². The highest BCUT2D eigenvalue weighted by atomic mass is 35.5. The lowest BCUT2D eigenvalue weighted by Crippen LogP contribution is -1.98. The van der Waals surface area contributed by atoms with Crippen LogP contribution >= 0.6 is 11.6 Å². The monoisotopic (exact) mass is 250 g/mol. The zero-order valence-electron chi connectivity index (χ0n) is 10.4. The van der Waals surface area contributed by atoms with Crippen LogP contribution in [0.5, 0.6) is 5.75 Å². The number of rotatable bonds is 2. The van der Waals surface area contributed by atoms with Crippen LogP contribution in [0.2, 0.25) is 5.02 Å². The van der Waals surface area contributed by atoms with Crippen LogP contribution in [0.15, 0.2) is 12.1 Å². The van der Waals surface area contributed by atoms with Gasteiger partial charge in [0.2, 0.25) is 0 Å². The number of nitrogens with one attached hydrogen (secondary N) is 1. The smallest absolute Gasteiger partial charge is 0.146 e. The first-order chi connectivity index (χ1) is 8.08. The van der Waals surface area contributed by atoms with Gasteiger partial charge in [-0.05, 0) is 31.0 Å². The molecule has 0 bridgehead atoms. The lowest BCUT2D eigenvalue weighted by Gasteiger charge is -2.12. The molecule has 0 fully saturated rings. The van der Waals surface area contributed by atoms with Gasteiger partial charge in [0, 0.05) is 23.5 Å². The second kappa shape index (κ2) is 4.41. The molecule has 0 aliphatic carbocycles. The Labute approximate surface area is 106 Å². The van der Waals surface area contributed by atoms with Gasteiger partial charge < -0.3 is 10.1 Å². The van der Waals surface area contributed by atoms with E-state index in [2.05, 4.69) is 16.4 Å². The quantitative estimate of drug-likeness (QED) is 0.885. The molecule has 1 heterocycles. The number of fused-ring (bicyclic) bond motifs is 1. The molecule has 0 amide bonds. The number of methoxy groups -OCH3 is 1. The Kier molecular flexibility index (Phi) is 3.11. The summed E-state index contributed by atoms with van der Waals surface area (Å²) in [5.41, 5.74) is 2.96. The van der Waals surface area contributed by atoms with E-state index in [0.717, 1.165) is 27.8 Å². The highest BCUT2D eigenvalue weighted by Crippen LogP contribution is 2.34. The summed E-state index contributed by atoms with van der Waals surface area (Å²) >= 11 is 6.17. The number of benzene rings is 1. The summed E-state index contributed by atoms with van der Waals surface area (Å²) in [4.78, 5) is 4.57. The molecule has 0 radical (unpaired) electrons. The normalized spacial score (nSPS) is 10.6. The van der Waals surface area contributed by atoms with E-state index >= 15 is 0 Å². The van der Waals surface area contributed by atoms with Gasteiger partial charge in [-0.15, -0.1) is 0 Å². The fraction of sp³-hybridized carbons (Fsp3) is 0.308. The molecule has 1 aromatic heterocycles. The van der Waals surface area contributed by atoms with E-state index in [1.807, 2.05) is 20.9 Å². The van der Waals surface area contributed by atoms with Crippen molar-refractivity contribution in [2.24, 2.45) is 0 Å². The average molecular weight is 251 g/mol. The highest BCUT2D eigenvalue weighted by Gasteiger charge is 2.12. The molecule has 0 atom stereocenters.